The summed E-state index contributed by atoms with van der Waals surface area (Å²) in [5, 5.41) is 7.44. The molecule has 7 nitrogen and oxygen atoms in total. The van der Waals surface area contributed by atoms with Gasteiger partial charge in [-0.3, -0.25) is 9.59 Å². The molecule has 10 heteroatoms. The van der Waals surface area contributed by atoms with Crippen molar-refractivity contribution in [3.8, 4) is 11.5 Å². The Hall–Kier alpha value is -3.26. The highest BCUT2D eigenvalue weighted by Crippen LogP contribution is 2.29. The highest BCUT2D eigenvalue weighted by atomic mass is 35.5. The summed E-state index contributed by atoms with van der Waals surface area (Å²) >= 11 is 17.9. The number of benzene rings is 3. The number of rotatable bonds is 7. The van der Waals surface area contributed by atoms with Gasteiger partial charge in [-0.1, -0.05) is 53.0 Å². The third-order valence-corrected chi connectivity index (χ3v) is 5.04. The van der Waals surface area contributed by atoms with Crippen LogP contribution in [-0.2, 0) is 16.2 Å². The number of hydrazone groups is 1. The van der Waals surface area contributed by atoms with Gasteiger partial charge in [0.05, 0.1) is 13.3 Å². The molecule has 2 N–H and O–H groups in total. The Morgan fingerprint density at radius 2 is 1.67 bits per heavy atom. The lowest BCUT2D eigenvalue weighted by Gasteiger charge is -2.12. The SMILES string of the molecule is COc1cc(C=NNC(=O)C(=O)Nc2cc(Cl)cc(Cl)c2)ccc1OCc1ccccc1Cl. The maximum atomic E-state index is 12.0. The maximum absolute atomic E-state index is 12.0. The molecule has 0 saturated carbocycles. The Kier molecular flexibility index (Phi) is 8.54. The highest BCUT2D eigenvalue weighted by molar-refractivity contribution is 6.40. The molecule has 33 heavy (non-hydrogen) atoms. The van der Waals surface area contributed by atoms with E-state index in [9.17, 15) is 9.59 Å². The number of amides is 2. The monoisotopic (exact) mass is 505 g/mol. The Morgan fingerprint density at radius 1 is 0.939 bits per heavy atom. The Bertz CT molecular complexity index is 1180. The molecular weight excluding hydrogens is 489 g/mol. The lowest BCUT2D eigenvalue weighted by atomic mass is 10.2. The van der Waals surface area contributed by atoms with Crippen LogP contribution in [0.25, 0.3) is 0 Å². The fourth-order valence-electron chi connectivity index (χ4n) is 2.68. The van der Waals surface area contributed by atoms with Crippen molar-refractivity contribution in [2.45, 2.75) is 6.61 Å². The van der Waals surface area contributed by atoms with E-state index in [1.54, 1.807) is 24.3 Å². The molecule has 2 amide bonds. The number of nitrogens with zero attached hydrogens (tertiary/aromatic N) is 1. The Balaban J connectivity index is 1.58. The molecule has 0 aliphatic carbocycles. The number of nitrogens with one attached hydrogen (secondary N) is 2. The normalized spacial score (nSPS) is 10.7. The van der Waals surface area contributed by atoms with Crippen molar-refractivity contribution in [1.29, 1.82) is 0 Å². The zero-order chi connectivity index (χ0) is 23.8. The van der Waals surface area contributed by atoms with Crippen molar-refractivity contribution in [3.05, 3.63) is 86.9 Å². The largest absolute Gasteiger partial charge is 0.493 e. The van der Waals surface area contributed by atoms with Gasteiger partial charge in [-0.25, -0.2) is 5.43 Å². The van der Waals surface area contributed by atoms with Gasteiger partial charge >= 0.3 is 11.8 Å². The molecule has 0 fully saturated rings. The Labute approximate surface area is 205 Å². The molecule has 0 unspecified atom stereocenters. The quantitative estimate of drug-likeness (QED) is 0.258. The van der Waals surface area contributed by atoms with Crippen molar-refractivity contribution in [2.75, 3.05) is 12.4 Å². The summed E-state index contributed by atoms with van der Waals surface area (Å²) in [5.74, 6) is -0.911. The van der Waals surface area contributed by atoms with Crippen LogP contribution in [0.1, 0.15) is 11.1 Å². The van der Waals surface area contributed by atoms with Crippen LogP contribution < -0.4 is 20.2 Å². The van der Waals surface area contributed by atoms with E-state index in [1.165, 1.54) is 31.5 Å². The van der Waals surface area contributed by atoms with Crippen LogP contribution in [-0.4, -0.2) is 25.1 Å². The second kappa shape index (κ2) is 11.6. The second-order valence-electron chi connectivity index (χ2n) is 6.60. The van der Waals surface area contributed by atoms with Crippen LogP contribution in [0, 0.1) is 0 Å². The van der Waals surface area contributed by atoms with E-state index >= 15 is 0 Å². The van der Waals surface area contributed by atoms with E-state index in [4.69, 9.17) is 44.3 Å². The van der Waals surface area contributed by atoms with Crippen LogP contribution in [0.3, 0.4) is 0 Å². The van der Waals surface area contributed by atoms with Gasteiger partial charge in [-0.15, -0.1) is 0 Å². The first kappa shape index (κ1) is 24.4. The number of ether oxygens (including phenoxy) is 2. The van der Waals surface area contributed by atoms with E-state index in [2.05, 4.69) is 15.8 Å². The number of methoxy groups -OCH3 is 1. The number of halogens is 3. The smallest absolute Gasteiger partial charge is 0.329 e. The summed E-state index contributed by atoms with van der Waals surface area (Å²) in [6.07, 6.45) is 1.36. The molecule has 0 heterocycles. The van der Waals surface area contributed by atoms with Crippen molar-refractivity contribution in [1.82, 2.24) is 5.43 Å². The molecule has 3 rings (SSSR count). The minimum absolute atomic E-state index is 0.270. The van der Waals surface area contributed by atoms with Crippen LogP contribution >= 0.6 is 34.8 Å². The predicted octanol–water partition coefficient (Wildman–Crippen LogP) is 5.32. The van der Waals surface area contributed by atoms with E-state index in [-0.39, 0.29) is 12.3 Å². The van der Waals surface area contributed by atoms with Gasteiger partial charge in [0.1, 0.15) is 6.61 Å². The van der Waals surface area contributed by atoms with Crippen LogP contribution in [0.2, 0.25) is 15.1 Å². The van der Waals surface area contributed by atoms with E-state index in [0.717, 1.165) is 5.56 Å². The molecule has 3 aromatic rings. The predicted molar refractivity (Wildman–Crippen MR) is 130 cm³/mol. The number of anilines is 1. The molecule has 0 aliphatic heterocycles. The lowest BCUT2D eigenvalue weighted by molar-refractivity contribution is -0.136. The molecule has 0 aromatic heterocycles. The molecule has 0 aliphatic rings. The first-order chi connectivity index (χ1) is 15.9. The first-order valence-electron chi connectivity index (χ1n) is 9.50. The number of carbonyl (C=O) groups excluding carboxylic acids is 2. The third-order valence-electron chi connectivity index (χ3n) is 4.24. The van der Waals surface area contributed by atoms with Crippen molar-refractivity contribution < 1.29 is 19.1 Å². The van der Waals surface area contributed by atoms with Gasteiger partial charge in [0.2, 0.25) is 0 Å². The van der Waals surface area contributed by atoms with E-state index in [0.29, 0.717) is 32.1 Å². The van der Waals surface area contributed by atoms with Crippen molar-refractivity contribution >= 4 is 58.5 Å². The highest BCUT2D eigenvalue weighted by Gasteiger charge is 2.14. The fraction of sp³-hybridized carbons (Fsp3) is 0.0870. The third kappa shape index (κ3) is 7.12. The topological polar surface area (TPSA) is 89.0 Å². The number of carbonyl (C=O) groups is 2. The fourth-order valence-corrected chi connectivity index (χ4v) is 3.40. The minimum atomic E-state index is -0.964. The maximum Gasteiger partial charge on any atom is 0.329 e. The van der Waals surface area contributed by atoms with Crippen LogP contribution in [0.4, 0.5) is 5.69 Å². The first-order valence-corrected chi connectivity index (χ1v) is 10.6. The number of hydrogen-bond donors (Lipinski definition) is 2. The molecule has 0 bridgehead atoms. The zero-order valence-electron chi connectivity index (χ0n) is 17.3. The van der Waals surface area contributed by atoms with Gasteiger partial charge in [0, 0.05) is 26.3 Å². The van der Waals surface area contributed by atoms with Gasteiger partial charge in [-0.2, -0.15) is 5.10 Å². The molecular formula is C23H18Cl3N3O4. The summed E-state index contributed by atoms with van der Waals surface area (Å²) < 4.78 is 11.2. The van der Waals surface area contributed by atoms with E-state index in [1.807, 2.05) is 18.2 Å². The summed E-state index contributed by atoms with van der Waals surface area (Å²) in [6, 6.07) is 16.9. The molecule has 170 valence electrons. The van der Waals surface area contributed by atoms with Crippen LogP contribution in [0.5, 0.6) is 11.5 Å². The van der Waals surface area contributed by atoms with Crippen LogP contribution in [0.15, 0.2) is 65.8 Å². The average molecular weight is 507 g/mol. The van der Waals surface area contributed by atoms with Gasteiger partial charge in [0.25, 0.3) is 0 Å². The molecule has 0 radical (unpaired) electrons. The molecule has 0 saturated heterocycles. The average Bonchev–Trinajstić information content (AvgIpc) is 2.78. The zero-order valence-corrected chi connectivity index (χ0v) is 19.5. The van der Waals surface area contributed by atoms with Crippen molar-refractivity contribution in [2.24, 2.45) is 5.10 Å². The molecule has 0 atom stereocenters. The minimum Gasteiger partial charge on any atom is -0.493 e. The summed E-state index contributed by atoms with van der Waals surface area (Å²) in [4.78, 5) is 24.0. The molecule has 3 aromatic carbocycles. The van der Waals surface area contributed by atoms with Gasteiger partial charge < -0.3 is 14.8 Å². The summed E-state index contributed by atoms with van der Waals surface area (Å²) in [7, 11) is 1.51. The number of hydrogen-bond acceptors (Lipinski definition) is 5. The van der Waals surface area contributed by atoms with E-state index < -0.39 is 11.8 Å². The lowest BCUT2D eigenvalue weighted by Crippen LogP contribution is -2.32. The van der Waals surface area contributed by atoms with Gasteiger partial charge in [-0.05, 0) is 48.0 Å². The molecule has 0 spiro atoms. The van der Waals surface area contributed by atoms with Crippen molar-refractivity contribution in [3.63, 3.8) is 0 Å². The summed E-state index contributed by atoms with van der Waals surface area (Å²) in [5.41, 5.74) is 3.89. The Morgan fingerprint density at radius 3 is 2.36 bits per heavy atom. The standard InChI is InChI=1S/C23H18Cl3N3O4/c1-32-21-8-14(6-7-20(21)33-13-15-4-2-3-5-19(15)26)12-27-29-23(31)22(30)28-18-10-16(24)9-17(25)11-18/h2-12H,13H2,1H3,(H,28,30)(H,29,31). The van der Waals surface area contributed by atoms with Gasteiger partial charge in [0.15, 0.2) is 11.5 Å². The summed E-state index contributed by atoms with van der Waals surface area (Å²) in [6.45, 7) is 0.270. The second-order valence-corrected chi connectivity index (χ2v) is 7.88.